The zero-order valence-corrected chi connectivity index (χ0v) is 11.3. The Balaban J connectivity index is 1.72. The first-order chi connectivity index (χ1) is 10.3. The van der Waals surface area contributed by atoms with Gasteiger partial charge in [-0.05, 0) is 17.5 Å². The van der Waals surface area contributed by atoms with Crippen molar-refractivity contribution in [3.05, 3.63) is 35.4 Å². The normalized spacial score (nSPS) is 48.3. The second-order valence-corrected chi connectivity index (χ2v) is 6.56. The molecule has 2 aliphatic carbocycles. The van der Waals surface area contributed by atoms with Crippen LogP contribution in [0.15, 0.2) is 24.3 Å². The number of fused-ring (bicyclic) bond motifs is 3. The van der Waals surface area contributed by atoms with Crippen LogP contribution in [0.4, 0.5) is 0 Å². The first-order valence-electron chi connectivity index (χ1n) is 7.52. The third-order valence-corrected chi connectivity index (χ3v) is 5.90. The van der Waals surface area contributed by atoms with E-state index in [0.717, 1.165) is 17.5 Å². The maximum Gasteiger partial charge on any atom is 0.148 e. The van der Waals surface area contributed by atoms with Crippen molar-refractivity contribution >= 4 is 0 Å². The fraction of sp³-hybridized carbons (Fsp3) is 0.529. The Hall–Kier alpha value is -1.88. The van der Waals surface area contributed by atoms with Crippen molar-refractivity contribution < 1.29 is 9.47 Å². The maximum absolute atomic E-state index is 9.40. The summed E-state index contributed by atoms with van der Waals surface area (Å²) in [6.07, 6.45) is 0.215. The van der Waals surface area contributed by atoms with Gasteiger partial charge in [0.2, 0.25) is 0 Å². The van der Waals surface area contributed by atoms with Crippen molar-refractivity contribution in [3.8, 4) is 12.1 Å². The highest BCUT2D eigenvalue weighted by molar-refractivity contribution is 5.39. The summed E-state index contributed by atoms with van der Waals surface area (Å²) in [6, 6.07) is 12.9. The average molecular weight is 278 g/mol. The van der Waals surface area contributed by atoms with Gasteiger partial charge in [0.1, 0.15) is 12.2 Å². The summed E-state index contributed by atoms with van der Waals surface area (Å²) in [5.41, 5.74) is 2.32. The number of hydrogen-bond acceptors (Lipinski definition) is 4. The predicted octanol–water partition coefficient (Wildman–Crippen LogP) is 2.50. The molecule has 0 aromatic heterocycles. The highest BCUT2D eigenvalue weighted by atomic mass is 16.5. The quantitative estimate of drug-likeness (QED) is 0.731. The number of nitriles is 2. The van der Waals surface area contributed by atoms with Crippen molar-refractivity contribution in [2.24, 2.45) is 23.7 Å². The zero-order chi connectivity index (χ0) is 14.1. The summed E-state index contributed by atoms with van der Waals surface area (Å²) in [4.78, 5) is 0. The molecule has 0 unspecified atom stereocenters. The molecule has 0 amide bonds. The average Bonchev–Trinajstić information content (AvgIpc) is 3.16. The maximum atomic E-state index is 9.40. The molecule has 8 atom stereocenters. The number of nitrogens with zero attached hydrogens (tertiary/aromatic N) is 2. The van der Waals surface area contributed by atoms with Crippen molar-refractivity contribution in [3.63, 3.8) is 0 Å². The summed E-state index contributed by atoms with van der Waals surface area (Å²) in [6.45, 7) is 0. The van der Waals surface area contributed by atoms with Crippen LogP contribution in [0.25, 0.3) is 0 Å². The molecule has 0 radical (unpaired) electrons. The summed E-state index contributed by atoms with van der Waals surface area (Å²) in [5, 5.41) is 18.8. The Bertz CT molecular complexity index is 644. The minimum atomic E-state index is -0.336. The molecule has 0 N–H and O–H groups in total. The van der Waals surface area contributed by atoms with Gasteiger partial charge in [-0.15, -0.1) is 0 Å². The number of hydrogen-bond donors (Lipinski definition) is 0. The third kappa shape index (κ3) is 1.26. The van der Waals surface area contributed by atoms with Crippen LogP contribution in [0.1, 0.15) is 29.8 Å². The van der Waals surface area contributed by atoms with E-state index in [1.165, 1.54) is 0 Å². The van der Waals surface area contributed by atoms with Crippen LogP contribution in [0.5, 0.6) is 0 Å². The summed E-state index contributed by atoms with van der Waals surface area (Å²) < 4.78 is 12.1. The van der Waals surface area contributed by atoms with E-state index >= 15 is 0 Å². The van der Waals surface area contributed by atoms with Gasteiger partial charge in [0, 0.05) is 23.7 Å². The minimum Gasteiger partial charge on any atom is -0.355 e. The third-order valence-electron chi connectivity index (χ3n) is 5.90. The molecular weight excluding hydrogens is 264 g/mol. The molecule has 2 saturated heterocycles. The van der Waals surface area contributed by atoms with Crippen molar-refractivity contribution in [2.45, 2.75) is 30.8 Å². The molecule has 0 spiro atoms. The molecule has 21 heavy (non-hydrogen) atoms. The lowest BCUT2D eigenvalue weighted by Crippen LogP contribution is -2.29. The van der Waals surface area contributed by atoms with Crippen LogP contribution in [-0.4, -0.2) is 12.2 Å². The molecule has 2 heterocycles. The van der Waals surface area contributed by atoms with Crippen LogP contribution in [0.2, 0.25) is 0 Å². The lowest BCUT2D eigenvalue weighted by Gasteiger charge is -2.35. The van der Waals surface area contributed by atoms with Crippen LogP contribution in [-0.2, 0) is 9.47 Å². The fourth-order valence-electron chi connectivity index (χ4n) is 5.24. The van der Waals surface area contributed by atoms with E-state index in [4.69, 9.17) is 9.47 Å². The molecule has 1 saturated carbocycles. The van der Waals surface area contributed by atoms with Gasteiger partial charge in [0.25, 0.3) is 0 Å². The van der Waals surface area contributed by atoms with Gasteiger partial charge in [0.05, 0.1) is 24.3 Å². The summed E-state index contributed by atoms with van der Waals surface area (Å²) in [5.74, 6) is 1.17. The monoisotopic (exact) mass is 278 g/mol. The van der Waals surface area contributed by atoms with Crippen LogP contribution in [0.3, 0.4) is 0 Å². The number of benzene rings is 1. The first-order valence-corrected chi connectivity index (χ1v) is 7.52. The Morgan fingerprint density at radius 1 is 0.857 bits per heavy atom. The molecule has 4 aliphatic rings. The smallest absolute Gasteiger partial charge is 0.148 e. The molecule has 1 aromatic carbocycles. The van der Waals surface area contributed by atoms with Gasteiger partial charge < -0.3 is 9.47 Å². The lowest BCUT2D eigenvalue weighted by molar-refractivity contribution is 0.000318. The van der Waals surface area contributed by atoms with Crippen LogP contribution >= 0.6 is 0 Å². The minimum absolute atomic E-state index is 0.00291. The van der Waals surface area contributed by atoms with Gasteiger partial charge in [-0.2, -0.15) is 10.5 Å². The molecule has 3 fully saturated rings. The van der Waals surface area contributed by atoms with E-state index in [9.17, 15) is 10.5 Å². The number of ether oxygens (including phenoxy) is 2. The van der Waals surface area contributed by atoms with E-state index in [1.54, 1.807) is 0 Å². The Kier molecular flexibility index (Phi) is 2.16. The van der Waals surface area contributed by atoms with Gasteiger partial charge in [-0.25, -0.2) is 0 Å². The molecule has 104 valence electrons. The number of rotatable bonds is 0. The first kappa shape index (κ1) is 11.7. The molecule has 2 aliphatic heterocycles. The van der Waals surface area contributed by atoms with Gasteiger partial charge in [0.15, 0.2) is 0 Å². The van der Waals surface area contributed by atoms with E-state index in [2.05, 4.69) is 24.3 Å². The van der Waals surface area contributed by atoms with E-state index < -0.39 is 0 Å². The summed E-state index contributed by atoms with van der Waals surface area (Å²) >= 11 is 0. The second-order valence-electron chi connectivity index (χ2n) is 6.56. The Morgan fingerprint density at radius 2 is 1.33 bits per heavy atom. The molecule has 5 rings (SSSR count). The highest BCUT2D eigenvalue weighted by Gasteiger charge is 2.65. The summed E-state index contributed by atoms with van der Waals surface area (Å²) in [7, 11) is 0. The zero-order valence-electron chi connectivity index (χ0n) is 11.3. The molecular formula is C17H14N2O2. The molecule has 4 nitrogen and oxygen atoms in total. The Morgan fingerprint density at radius 3 is 1.76 bits per heavy atom. The standard InChI is InChI=1S/C17H14N2O2/c18-6-12-10-5-11-13(7-19)21-17-9-4-2-1-3-8(9)16(20-12)14(10)15(11)17/h1-4,10-17H,5H2/t10-,11+,12-,13+,14+,15-,16-,17+. The molecule has 0 bridgehead atoms. The van der Waals surface area contributed by atoms with E-state index in [1.807, 2.05) is 12.1 Å². The van der Waals surface area contributed by atoms with Gasteiger partial charge in [-0.1, -0.05) is 24.3 Å². The van der Waals surface area contributed by atoms with E-state index in [0.29, 0.717) is 11.8 Å². The Labute approximate surface area is 122 Å². The van der Waals surface area contributed by atoms with Gasteiger partial charge in [-0.3, -0.25) is 0 Å². The molecule has 1 aromatic rings. The van der Waals surface area contributed by atoms with E-state index in [-0.39, 0.29) is 36.3 Å². The van der Waals surface area contributed by atoms with Gasteiger partial charge >= 0.3 is 0 Å². The largest absolute Gasteiger partial charge is 0.355 e. The molecule has 4 heteroatoms. The predicted molar refractivity (Wildman–Crippen MR) is 71.5 cm³/mol. The highest BCUT2D eigenvalue weighted by Crippen LogP contribution is 2.67. The van der Waals surface area contributed by atoms with Crippen LogP contribution in [0, 0.1) is 46.3 Å². The van der Waals surface area contributed by atoms with Crippen LogP contribution < -0.4 is 0 Å². The van der Waals surface area contributed by atoms with Crippen molar-refractivity contribution in [1.82, 2.24) is 0 Å². The SMILES string of the molecule is N#C[C@@H]1O[C@H]2c3ccccc3[C@H]3O[C@H](C#N)[C@H]4C[C@@H]1[C@@H]2[C@H]43. The van der Waals surface area contributed by atoms with Crippen molar-refractivity contribution in [1.29, 1.82) is 10.5 Å². The fourth-order valence-corrected chi connectivity index (χ4v) is 5.24. The lowest BCUT2D eigenvalue weighted by atomic mass is 9.71. The second kappa shape index (κ2) is 3.85. The van der Waals surface area contributed by atoms with Crippen molar-refractivity contribution in [2.75, 3.05) is 0 Å². The topological polar surface area (TPSA) is 66.0 Å².